The highest BCUT2D eigenvalue weighted by atomic mass is 32.2. The Kier molecular flexibility index (Phi) is 4.10. The van der Waals surface area contributed by atoms with E-state index in [9.17, 15) is 22.7 Å². The maximum absolute atomic E-state index is 13.3. The molecule has 0 saturated carbocycles. The molecule has 1 heterocycles. The number of aromatic carboxylic acids is 1. The van der Waals surface area contributed by atoms with Crippen molar-refractivity contribution in [2.45, 2.75) is 24.7 Å². The second-order valence-corrected chi connectivity index (χ2v) is 6.98. The molecule has 1 aromatic carbocycles. The van der Waals surface area contributed by atoms with Crippen LogP contribution in [-0.4, -0.2) is 31.8 Å². The predicted molar refractivity (Wildman–Crippen MR) is 67.9 cm³/mol. The maximum atomic E-state index is 13.3. The highest BCUT2D eigenvalue weighted by Crippen LogP contribution is 2.24. The van der Waals surface area contributed by atoms with Crippen molar-refractivity contribution in [2.24, 2.45) is 5.92 Å². The molecule has 0 amide bonds. The Morgan fingerprint density at radius 2 is 2.15 bits per heavy atom. The van der Waals surface area contributed by atoms with Gasteiger partial charge in [0, 0.05) is 18.7 Å². The number of piperidine rings is 1. The number of hydrogen-bond acceptors (Lipinski definition) is 4. The fourth-order valence-corrected chi connectivity index (χ4v) is 3.96. The Morgan fingerprint density at radius 3 is 2.75 bits per heavy atom. The molecule has 1 saturated heterocycles. The molecule has 20 heavy (non-hydrogen) atoms. The first-order chi connectivity index (χ1) is 9.32. The van der Waals surface area contributed by atoms with Gasteiger partial charge in [-0.25, -0.2) is 12.8 Å². The number of carbonyl (C=O) groups is 1. The SMILES string of the molecule is CC1CCCN(S(=O)(=O)c2ccc(F)c(C(=O)[O-])c2)C1. The summed E-state index contributed by atoms with van der Waals surface area (Å²) in [6, 6.07) is 2.74. The Labute approximate surface area is 117 Å². The van der Waals surface area contributed by atoms with Gasteiger partial charge in [0.1, 0.15) is 5.82 Å². The third-order valence-corrected chi connectivity index (χ3v) is 5.28. The minimum Gasteiger partial charge on any atom is -0.545 e. The molecule has 1 unspecified atom stereocenters. The molecule has 0 radical (unpaired) electrons. The second kappa shape index (κ2) is 5.49. The van der Waals surface area contributed by atoms with E-state index in [-0.39, 0.29) is 10.8 Å². The van der Waals surface area contributed by atoms with E-state index >= 15 is 0 Å². The van der Waals surface area contributed by atoms with E-state index in [0.29, 0.717) is 13.1 Å². The molecule has 1 fully saturated rings. The Balaban J connectivity index is 2.39. The molecule has 0 N–H and O–H groups in total. The predicted octanol–water partition coefficient (Wildman–Crippen LogP) is 0.610. The molecule has 0 bridgehead atoms. The molecule has 110 valence electrons. The highest BCUT2D eigenvalue weighted by Gasteiger charge is 2.29. The van der Waals surface area contributed by atoms with E-state index < -0.39 is 27.4 Å². The number of carboxylic acid groups (broad SMARTS) is 1. The van der Waals surface area contributed by atoms with Crippen LogP contribution in [0, 0.1) is 11.7 Å². The van der Waals surface area contributed by atoms with Crippen molar-refractivity contribution in [3.05, 3.63) is 29.6 Å². The summed E-state index contributed by atoms with van der Waals surface area (Å²) < 4.78 is 39.4. The molecule has 1 aliphatic rings. The fourth-order valence-electron chi connectivity index (χ4n) is 2.33. The summed E-state index contributed by atoms with van der Waals surface area (Å²) in [6.45, 7) is 2.74. The van der Waals surface area contributed by atoms with Gasteiger partial charge in [0.2, 0.25) is 10.0 Å². The zero-order chi connectivity index (χ0) is 14.9. The second-order valence-electron chi connectivity index (χ2n) is 5.04. The van der Waals surface area contributed by atoms with E-state index in [0.717, 1.165) is 31.0 Å². The zero-order valence-corrected chi connectivity index (χ0v) is 11.8. The summed E-state index contributed by atoms with van der Waals surface area (Å²) in [6.07, 6.45) is 1.72. The van der Waals surface area contributed by atoms with Crippen LogP contribution in [0.15, 0.2) is 23.1 Å². The maximum Gasteiger partial charge on any atom is 0.243 e. The fraction of sp³-hybridized carbons (Fsp3) is 0.462. The van der Waals surface area contributed by atoms with E-state index in [4.69, 9.17) is 0 Å². The topological polar surface area (TPSA) is 77.5 Å². The first-order valence-electron chi connectivity index (χ1n) is 6.33. The summed E-state index contributed by atoms with van der Waals surface area (Å²) in [7, 11) is -3.79. The van der Waals surface area contributed by atoms with Gasteiger partial charge in [0.05, 0.1) is 10.9 Å². The molecule has 0 aromatic heterocycles. The highest BCUT2D eigenvalue weighted by molar-refractivity contribution is 7.89. The van der Waals surface area contributed by atoms with Crippen molar-refractivity contribution in [1.82, 2.24) is 4.31 Å². The van der Waals surface area contributed by atoms with Gasteiger partial charge in [-0.15, -0.1) is 0 Å². The molecule has 1 aromatic rings. The Bertz CT molecular complexity index is 629. The van der Waals surface area contributed by atoms with Gasteiger partial charge in [-0.2, -0.15) is 4.31 Å². The van der Waals surface area contributed by atoms with Gasteiger partial charge in [-0.3, -0.25) is 0 Å². The molecule has 1 atom stereocenters. The van der Waals surface area contributed by atoms with Crippen molar-refractivity contribution in [1.29, 1.82) is 0 Å². The van der Waals surface area contributed by atoms with Crippen molar-refractivity contribution >= 4 is 16.0 Å². The van der Waals surface area contributed by atoms with Gasteiger partial charge in [0.15, 0.2) is 0 Å². The van der Waals surface area contributed by atoms with E-state index in [1.807, 2.05) is 6.92 Å². The van der Waals surface area contributed by atoms with Crippen LogP contribution in [0.25, 0.3) is 0 Å². The van der Waals surface area contributed by atoms with Crippen LogP contribution in [0.4, 0.5) is 4.39 Å². The molecule has 0 spiro atoms. The van der Waals surface area contributed by atoms with Crippen LogP contribution in [0.3, 0.4) is 0 Å². The summed E-state index contributed by atoms with van der Waals surface area (Å²) >= 11 is 0. The number of nitrogens with zero attached hydrogens (tertiary/aromatic N) is 1. The normalized spacial score (nSPS) is 20.8. The van der Waals surface area contributed by atoms with Crippen molar-refractivity contribution in [3.8, 4) is 0 Å². The first kappa shape index (κ1) is 14.9. The van der Waals surface area contributed by atoms with E-state index in [2.05, 4.69) is 0 Å². The minimum absolute atomic E-state index is 0.216. The minimum atomic E-state index is -3.79. The van der Waals surface area contributed by atoms with Crippen molar-refractivity contribution < 1.29 is 22.7 Å². The number of benzene rings is 1. The lowest BCUT2D eigenvalue weighted by atomic mass is 10.0. The Morgan fingerprint density at radius 1 is 1.45 bits per heavy atom. The van der Waals surface area contributed by atoms with Gasteiger partial charge < -0.3 is 9.90 Å². The lowest BCUT2D eigenvalue weighted by molar-refractivity contribution is -0.255. The largest absolute Gasteiger partial charge is 0.545 e. The van der Waals surface area contributed by atoms with Crippen molar-refractivity contribution in [3.63, 3.8) is 0 Å². The van der Waals surface area contributed by atoms with Crippen LogP contribution in [0.5, 0.6) is 0 Å². The van der Waals surface area contributed by atoms with Crippen LogP contribution in [0.1, 0.15) is 30.1 Å². The van der Waals surface area contributed by atoms with Gasteiger partial charge >= 0.3 is 0 Å². The Hall–Kier alpha value is -1.47. The number of sulfonamides is 1. The standard InChI is InChI=1S/C13H16FNO4S/c1-9-3-2-6-15(8-9)20(18,19)10-4-5-12(14)11(7-10)13(16)17/h4-5,7,9H,2-3,6,8H2,1H3,(H,16,17)/p-1. The summed E-state index contributed by atoms with van der Waals surface area (Å²) in [5, 5.41) is 10.8. The molecule has 2 rings (SSSR count). The third-order valence-electron chi connectivity index (χ3n) is 3.42. The molecule has 1 aliphatic heterocycles. The van der Waals surface area contributed by atoms with E-state index in [1.54, 1.807) is 0 Å². The lowest BCUT2D eigenvalue weighted by Crippen LogP contribution is -2.39. The summed E-state index contributed by atoms with van der Waals surface area (Å²) in [5.41, 5.74) is -0.740. The number of carbonyl (C=O) groups excluding carboxylic acids is 1. The van der Waals surface area contributed by atoms with Crippen LogP contribution < -0.4 is 5.11 Å². The van der Waals surface area contributed by atoms with Crippen LogP contribution >= 0.6 is 0 Å². The van der Waals surface area contributed by atoms with Gasteiger partial charge in [-0.05, 0) is 37.0 Å². The molecular weight excluding hydrogens is 285 g/mol. The lowest BCUT2D eigenvalue weighted by Gasteiger charge is -2.30. The van der Waals surface area contributed by atoms with Crippen LogP contribution in [-0.2, 0) is 10.0 Å². The zero-order valence-electron chi connectivity index (χ0n) is 11.0. The summed E-state index contributed by atoms with van der Waals surface area (Å²) in [4.78, 5) is 10.6. The first-order valence-corrected chi connectivity index (χ1v) is 7.77. The van der Waals surface area contributed by atoms with Gasteiger partial charge in [-0.1, -0.05) is 6.92 Å². The molecule has 7 heteroatoms. The number of rotatable bonds is 3. The van der Waals surface area contributed by atoms with Crippen molar-refractivity contribution in [2.75, 3.05) is 13.1 Å². The third kappa shape index (κ3) is 2.83. The average Bonchev–Trinajstić information content (AvgIpc) is 2.38. The molecule has 0 aliphatic carbocycles. The van der Waals surface area contributed by atoms with Crippen LogP contribution in [0.2, 0.25) is 0 Å². The smallest absolute Gasteiger partial charge is 0.243 e. The quantitative estimate of drug-likeness (QED) is 0.819. The van der Waals surface area contributed by atoms with Gasteiger partial charge in [0.25, 0.3) is 0 Å². The number of hydrogen-bond donors (Lipinski definition) is 0. The molecule has 5 nitrogen and oxygen atoms in total. The van der Waals surface area contributed by atoms with E-state index in [1.165, 1.54) is 4.31 Å². The average molecular weight is 300 g/mol. The monoisotopic (exact) mass is 300 g/mol. The number of carboxylic acids is 1. The number of halogens is 1. The summed E-state index contributed by atoms with van der Waals surface area (Å²) in [5.74, 6) is -2.48. The molecular formula is C13H15FNO4S-.